The second-order valence-corrected chi connectivity index (χ2v) is 19.8. The van der Waals surface area contributed by atoms with Crippen molar-refractivity contribution in [1.29, 1.82) is 0 Å². The van der Waals surface area contributed by atoms with Gasteiger partial charge in [0.1, 0.15) is 30.7 Å². The number of ether oxygens (including phenoxy) is 3. The van der Waals surface area contributed by atoms with E-state index < -0.39 is 89.8 Å². The molecule has 1 aromatic heterocycles. The van der Waals surface area contributed by atoms with Crippen molar-refractivity contribution in [2.75, 3.05) is 25.6 Å². The number of carbonyl (C=O) groups is 2. The van der Waals surface area contributed by atoms with Crippen molar-refractivity contribution < 1.29 is 71.4 Å². The highest BCUT2D eigenvalue weighted by Crippen LogP contribution is 2.60. The lowest BCUT2D eigenvalue weighted by Gasteiger charge is -2.21. The summed E-state index contributed by atoms with van der Waals surface area (Å²) >= 11 is 0. The number of rotatable bonds is 39. The molecule has 0 saturated carbocycles. The fourth-order valence-corrected chi connectivity index (χ4v) is 9.01. The maximum atomic E-state index is 12.8. The molecule has 1 aromatic rings. The molecule has 1 fully saturated rings. The minimum Gasteiger partial charge on any atom is -0.462 e. The van der Waals surface area contributed by atoms with Crippen molar-refractivity contribution in [2.24, 2.45) is 0 Å². The number of aromatic nitrogens is 2. The predicted octanol–water partition coefficient (Wildman–Crippen LogP) is 8.52. The Kier molecular flexibility index (Phi) is 32.4. The Bertz CT molecular complexity index is 1910. The van der Waals surface area contributed by atoms with E-state index in [0.717, 1.165) is 49.3 Å². The summed E-state index contributed by atoms with van der Waals surface area (Å²) in [6, 6.07) is 1.24. The zero-order valence-electron chi connectivity index (χ0n) is 40.5. The van der Waals surface area contributed by atoms with Crippen LogP contribution in [0.15, 0.2) is 77.8 Å². The van der Waals surface area contributed by atoms with Crippen molar-refractivity contribution in [3.05, 3.63) is 83.5 Å². The van der Waals surface area contributed by atoms with Gasteiger partial charge in [-0.25, -0.2) is 13.9 Å². The normalized spacial score (nSPS) is 20.3. The molecule has 0 aromatic carbocycles. The number of aliphatic hydroxyl groups excluding tert-OH is 3. The average molecular weight is 1020 g/mol. The molecule has 2 heterocycles. The average Bonchev–Trinajstić information content (AvgIpc) is 3.58. The molecule has 0 bridgehead atoms. The van der Waals surface area contributed by atoms with Crippen molar-refractivity contribution in [3.8, 4) is 0 Å². The fourth-order valence-electron chi connectivity index (χ4n) is 6.90. The number of phosphoric ester groups is 2. The minimum absolute atomic E-state index is 0.0298. The molecule has 392 valence electrons. The first kappa shape index (κ1) is 61.5. The number of phosphoric acid groups is 2. The van der Waals surface area contributed by atoms with Crippen molar-refractivity contribution in [2.45, 2.75) is 185 Å². The molecule has 7 N–H and O–H groups in total. The van der Waals surface area contributed by atoms with E-state index in [1.165, 1.54) is 57.4 Å². The van der Waals surface area contributed by atoms with E-state index in [2.05, 4.69) is 16.2 Å². The van der Waals surface area contributed by atoms with Crippen molar-refractivity contribution in [1.82, 2.24) is 9.55 Å². The van der Waals surface area contributed by atoms with Gasteiger partial charge in [0.25, 0.3) is 0 Å². The van der Waals surface area contributed by atoms with E-state index >= 15 is 0 Å². The lowest BCUT2D eigenvalue weighted by atomic mass is 10.0. The molecular formula is C48H79N3O16P2. The third-order valence-corrected chi connectivity index (χ3v) is 13.3. The Hall–Kier alpha value is -3.58. The van der Waals surface area contributed by atoms with E-state index in [-0.39, 0.29) is 18.7 Å². The second-order valence-electron chi connectivity index (χ2n) is 16.8. The predicted molar refractivity (Wildman–Crippen MR) is 262 cm³/mol. The summed E-state index contributed by atoms with van der Waals surface area (Å²) in [5, 5.41) is 30.7. The highest BCUT2D eigenvalue weighted by Gasteiger charge is 2.46. The van der Waals surface area contributed by atoms with Crippen molar-refractivity contribution >= 4 is 33.4 Å². The molecule has 0 radical (unpaired) electrons. The van der Waals surface area contributed by atoms with E-state index in [1.54, 1.807) is 6.08 Å². The maximum Gasteiger partial charge on any atom is 0.481 e. The van der Waals surface area contributed by atoms with Crippen LogP contribution in [0.2, 0.25) is 0 Å². The quantitative estimate of drug-likeness (QED) is 0.0118. The molecule has 19 nitrogen and oxygen atoms in total. The van der Waals surface area contributed by atoms with Crippen LogP contribution in [-0.4, -0.2) is 96.9 Å². The van der Waals surface area contributed by atoms with E-state index in [9.17, 15) is 48.6 Å². The highest BCUT2D eigenvalue weighted by atomic mass is 31.3. The number of hydrogen-bond donors (Lipinski definition) is 6. The van der Waals surface area contributed by atoms with Gasteiger partial charge in [-0.2, -0.15) is 9.29 Å². The standard InChI is InChI=1S/C48H79N3O16P2/c1-3-5-7-8-9-10-11-12-17-20-23-26-29-33-44(54)65-40(36-62-43(53)32-28-25-22-19-16-14-13-15-18-21-24-27-31-39(52)30-6-4-2)37-63-68(58,59)67-69(60,61)64-38-41-45(55)46(56)47(66-41)51-35-34-42(49)50-48(51)57/h6,13-14,18-19,21-22,24,27,30,34-35,39-41,45-47,52,55-56H,3-5,7-12,15-17,20,23,25-26,28-29,31-33,36-38H2,1-2H3,(H,58,59)(H,60,61)(H2,49,50,57)/b14-13-,21-18-,22-19-,27-24+,30-6-/t39?,40-,41-,45-,46-,47-/m1/s1. The number of anilines is 1. The third-order valence-electron chi connectivity index (χ3n) is 10.7. The summed E-state index contributed by atoms with van der Waals surface area (Å²) in [6.07, 6.45) is 30.8. The van der Waals surface area contributed by atoms with Gasteiger partial charge in [0.05, 0.1) is 19.3 Å². The lowest BCUT2D eigenvalue weighted by Crippen LogP contribution is -2.36. The van der Waals surface area contributed by atoms with Gasteiger partial charge >= 0.3 is 33.3 Å². The Morgan fingerprint density at radius 3 is 2.03 bits per heavy atom. The number of nitrogens with two attached hydrogens (primary N) is 1. The number of hydrogen-bond acceptors (Lipinski definition) is 16. The van der Waals surface area contributed by atoms with Crippen LogP contribution in [0, 0.1) is 0 Å². The molecular weight excluding hydrogens is 936 g/mol. The lowest BCUT2D eigenvalue weighted by molar-refractivity contribution is -0.161. The third kappa shape index (κ3) is 29.4. The Morgan fingerprint density at radius 1 is 0.783 bits per heavy atom. The molecule has 0 aliphatic carbocycles. The molecule has 1 aliphatic rings. The largest absolute Gasteiger partial charge is 0.481 e. The SMILES string of the molecule is CC/C=C\C(O)C/C=C/C=C\C/C=C\C/C=C\CCCC(=O)OC[C@H](COP(=O)(O)OP(=O)(O)OC[C@H]1O[C@@H](n2ccc(N)nc2=O)[C@H](O)[C@@H]1O)OC(=O)CCCCCCCCCCCCCCC. The number of nitrogens with zero attached hydrogens (tertiary/aromatic N) is 2. The van der Waals surface area contributed by atoms with Crippen LogP contribution in [0.3, 0.4) is 0 Å². The smallest absolute Gasteiger partial charge is 0.462 e. The molecule has 1 aliphatic heterocycles. The molecule has 8 atom stereocenters. The van der Waals surface area contributed by atoms with E-state index in [1.807, 2.05) is 61.6 Å². The summed E-state index contributed by atoms with van der Waals surface area (Å²) in [5.74, 6) is -1.39. The topological polar surface area (TPSA) is 286 Å². The first-order valence-electron chi connectivity index (χ1n) is 24.4. The molecule has 0 spiro atoms. The molecule has 0 amide bonds. The Labute approximate surface area is 407 Å². The Morgan fingerprint density at radius 2 is 1.38 bits per heavy atom. The number of esters is 2. The zero-order valence-corrected chi connectivity index (χ0v) is 42.2. The number of allylic oxidation sites excluding steroid dienone is 8. The van der Waals surface area contributed by atoms with Crippen LogP contribution in [0.1, 0.15) is 155 Å². The van der Waals surface area contributed by atoms with Crippen LogP contribution in [0.5, 0.6) is 0 Å². The molecule has 69 heavy (non-hydrogen) atoms. The summed E-state index contributed by atoms with van der Waals surface area (Å²) < 4.78 is 56.6. The molecule has 2 rings (SSSR count). The van der Waals surface area contributed by atoms with Crippen LogP contribution in [0.25, 0.3) is 0 Å². The fraction of sp³-hybridized carbons (Fsp3) is 0.667. The number of carbonyl (C=O) groups excluding carboxylic acids is 2. The van der Waals surface area contributed by atoms with Crippen LogP contribution in [-0.2, 0) is 46.3 Å². The van der Waals surface area contributed by atoms with Crippen LogP contribution < -0.4 is 11.4 Å². The van der Waals surface area contributed by atoms with Gasteiger partial charge in [-0.05, 0) is 51.0 Å². The van der Waals surface area contributed by atoms with Gasteiger partial charge in [-0.1, -0.05) is 152 Å². The van der Waals surface area contributed by atoms with Gasteiger partial charge < -0.3 is 45.1 Å². The van der Waals surface area contributed by atoms with E-state index in [0.29, 0.717) is 32.1 Å². The number of nitrogen functional groups attached to an aromatic ring is 1. The zero-order chi connectivity index (χ0) is 50.8. The highest BCUT2D eigenvalue weighted by molar-refractivity contribution is 7.61. The summed E-state index contributed by atoms with van der Waals surface area (Å²) in [7, 11) is -10.9. The first-order valence-corrected chi connectivity index (χ1v) is 27.4. The van der Waals surface area contributed by atoms with Crippen LogP contribution in [0.4, 0.5) is 5.82 Å². The monoisotopic (exact) mass is 1020 g/mol. The molecule has 21 heteroatoms. The van der Waals surface area contributed by atoms with Gasteiger partial charge in [0.15, 0.2) is 12.3 Å². The maximum absolute atomic E-state index is 12.8. The van der Waals surface area contributed by atoms with Crippen LogP contribution >= 0.6 is 15.6 Å². The van der Waals surface area contributed by atoms with Gasteiger partial charge in [0, 0.05) is 19.0 Å². The van der Waals surface area contributed by atoms with Gasteiger partial charge in [-0.15, -0.1) is 0 Å². The molecule has 1 saturated heterocycles. The number of aliphatic hydroxyl groups is 3. The van der Waals surface area contributed by atoms with Crippen molar-refractivity contribution in [3.63, 3.8) is 0 Å². The summed E-state index contributed by atoms with van der Waals surface area (Å²) in [4.78, 5) is 61.8. The van der Waals surface area contributed by atoms with E-state index in [4.69, 9.17) is 29.0 Å². The number of unbranched alkanes of at least 4 members (excludes halogenated alkanes) is 13. The van der Waals surface area contributed by atoms with Gasteiger partial charge in [0.2, 0.25) is 0 Å². The summed E-state index contributed by atoms with van der Waals surface area (Å²) in [6.45, 7) is 1.84. The second kappa shape index (κ2) is 36.4. The first-order chi connectivity index (χ1) is 33.1. The molecule has 3 unspecified atom stereocenters. The minimum atomic E-state index is -5.44. The van der Waals surface area contributed by atoms with Gasteiger partial charge in [-0.3, -0.25) is 23.2 Å². The Balaban J connectivity index is 1.84. The summed E-state index contributed by atoms with van der Waals surface area (Å²) in [5.41, 5.74) is 4.57.